The quantitative estimate of drug-likeness (QED) is 0.835. The molecular weight excluding hydrogens is 324 g/mol. The molecule has 0 aliphatic heterocycles. The lowest BCUT2D eigenvalue weighted by atomic mass is 9.96. The zero-order valence-electron chi connectivity index (χ0n) is 13.6. The van der Waals surface area contributed by atoms with Crippen LogP contribution in [0.2, 0.25) is 5.02 Å². The normalized spacial score (nSPS) is 14.8. The average molecular weight is 345 g/mol. The Labute approximate surface area is 147 Å². The summed E-state index contributed by atoms with van der Waals surface area (Å²) in [6.45, 7) is 1.07. The van der Waals surface area contributed by atoms with Crippen LogP contribution in [-0.4, -0.2) is 19.7 Å². The molecule has 5 heteroatoms. The number of hydrogen-bond donors (Lipinski definition) is 2. The van der Waals surface area contributed by atoms with E-state index in [0.717, 1.165) is 29.2 Å². The number of ether oxygens (including phenoxy) is 1. The van der Waals surface area contributed by atoms with E-state index in [-0.39, 0.29) is 11.4 Å². The van der Waals surface area contributed by atoms with Crippen molar-refractivity contribution in [3.05, 3.63) is 64.7 Å². The van der Waals surface area contributed by atoms with Gasteiger partial charge in [0.1, 0.15) is 5.75 Å². The Morgan fingerprint density at radius 1 is 1.12 bits per heavy atom. The molecule has 1 aliphatic carbocycles. The summed E-state index contributed by atoms with van der Waals surface area (Å²) < 4.78 is 5.29. The van der Waals surface area contributed by atoms with Gasteiger partial charge in [-0.3, -0.25) is 0 Å². The lowest BCUT2D eigenvalue weighted by Crippen LogP contribution is -2.39. The second kappa shape index (κ2) is 7.14. The Morgan fingerprint density at radius 2 is 1.83 bits per heavy atom. The standard InChI is InChI=1S/C19H21ClN2O2/c1-24-17-5-3-2-4-14(17)12-21-18(23)22-13-19(10-11-19)15-6-8-16(20)9-7-15/h2-9H,10-13H2,1H3,(H2,21,22,23). The number of hydrogen-bond acceptors (Lipinski definition) is 2. The number of rotatable bonds is 6. The molecule has 2 aromatic carbocycles. The number of urea groups is 1. The minimum Gasteiger partial charge on any atom is -0.496 e. The van der Waals surface area contributed by atoms with E-state index in [9.17, 15) is 4.79 Å². The van der Waals surface area contributed by atoms with Crippen molar-refractivity contribution in [2.75, 3.05) is 13.7 Å². The maximum atomic E-state index is 12.1. The molecule has 0 heterocycles. The summed E-state index contributed by atoms with van der Waals surface area (Å²) in [6, 6.07) is 15.4. The first-order valence-electron chi connectivity index (χ1n) is 8.03. The lowest BCUT2D eigenvalue weighted by molar-refractivity contribution is 0.239. The van der Waals surface area contributed by atoms with E-state index in [1.807, 2.05) is 48.5 Å². The fourth-order valence-corrected chi connectivity index (χ4v) is 2.98. The van der Waals surface area contributed by atoms with Gasteiger partial charge in [-0.25, -0.2) is 4.79 Å². The van der Waals surface area contributed by atoms with Crippen LogP contribution in [0.5, 0.6) is 5.75 Å². The monoisotopic (exact) mass is 344 g/mol. The summed E-state index contributed by atoms with van der Waals surface area (Å²) in [6.07, 6.45) is 2.17. The van der Waals surface area contributed by atoms with Gasteiger partial charge in [0.15, 0.2) is 0 Å². The van der Waals surface area contributed by atoms with Gasteiger partial charge in [0.05, 0.1) is 7.11 Å². The Morgan fingerprint density at radius 3 is 2.50 bits per heavy atom. The number of methoxy groups -OCH3 is 1. The van der Waals surface area contributed by atoms with Crippen molar-refractivity contribution in [1.29, 1.82) is 0 Å². The highest BCUT2D eigenvalue weighted by Gasteiger charge is 2.44. The Hall–Kier alpha value is -2.20. The van der Waals surface area contributed by atoms with Gasteiger partial charge >= 0.3 is 6.03 Å². The molecule has 0 spiro atoms. The Balaban J connectivity index is 1.52. The molecule has 126 valence electrons. The van der Waals surface area contributed by atoms with Gasteiger partial charge in [-0.05, 0) is 36.6 Å². The number of halogens is 1. The second-order valence-corrected chi connectivity index (χ2v) is 6.57. The van der Waals surface area contributed by atoms with E-state index in [1.54, 1.807) is 7.11 Å². The molecule has 4 nitrogen and oxygen atoms in total. The molecule has 3 rings (SSSR count). The zero-order valence-corrected chi connectivity index (χ0v) is 14.4. The molecule has 2 amide bonds. The van der Waals surface area contributed by atoms with Crippen LogP contribution in [0.15, 0.2) is 48.5 Å². The molecule has 2 N–H and O–H groups in total. The van der Waals surface area contributed by atoms with E-state index in [2.05, 4.69) is 10.6 Å². The molecule has 0 saturated heterocycles. The van der Waals surface area contributed by atoms with E-state index in [1.165, 1.54) is 5.56 Å². The molecule has 1 aliphatic rings. The van der Waals surface area contributed by atoms with Gasteiger partial charge < -0.3 is 15.4 Å². The first kappa shape index (κ1) is 16.7. The largest absolute Gasteiger partial charge is 0.496 e. The van der Waals surface area contributed by atoms with Crippen LogP contribution in [0.4, 0.5) is 4.79 Å². The zero-order chi connectivity index (χ0) is 17.0. The van der Waals surface area contributed by atoms with Crippen molar-refractivity contribution in [3.8, 4) is 5.75 Å². The highest BCUT2D eigenvalue weighted by Crippen LogP contribution is 2.47. The predicted molar refractivity (Wildman–Crippen MR) is 95.6 cm³/mol. The van der Waals surface area contributed by atoms with Crippen LogP contribution < -0.4 is 15.4 Å². The van der Waals surface area contributed by atoms with Crippen molar-refractivity contribution in [1.82, 2.24) is 10.6 Å². The third kappa shape index (κ3) is 3.82. The minimum absolute atomic E-state index is 0.0619. The van der Waals surface area contributed by atoms with Gasteiger partial charge in [-0.15, -0.1) is 0 Å². The highest BCUT2D eigenvalue weighted by atomic mass is 35.5. The first-order valence-corrected chi connectivity index (χ1v) is 8.40. The lowest BCUT2D eigenvalue weighted by Gasteiger charge is -2.17. The first-order chi connectivity index (χ1) is 11.6. The summed E-state index contributed by atoms with van der Waals surface area (Å²) in [5, 5.41) is 6.60. The van der Waals surface area contributed by atoms with E-state index in [0.29, 0.717) is 13.1 Å². The van der Waals surface area contributed by atoms with Crippen LogP contribution in [-0.2, 0) is 12.0 Å². The summed E-state index contributed by atoms with van der Waals surface area (Å²) in [4.78, 5) is 12.1. The molecule has 1 saturated carbocycles. The maximum absolute atomic E-state index is 12.1. The van der Waals surface area contributed by atoms with E-state index in [4.69, 9.17) is 16.3 Å². The molecular formula is C19H21ClN2O2. The highest BCUT2D eigenvalue weighted by molar-refractivity contribution is 6.30. The van der Waals surface area contributed by atoms with Crippen LogP contribution in [0, 0.1) is 0 Å². The number of carbonyl (C=O) groups is 1. The van der Waals surface area contributed by atoms with E-state index < -0.39 is 0 Å². The van der Waals surface area contributed by atoms with Crippen molar-refractivity contribution in [2.24, 2.45) is 0 Å². The molecule has 0 radical (unpaired) electrons. The fourth-order valence-electron chi connectivity index (χ4n) is 2.86. The van der Waals surface area contributed by atoms with Crippen LogP contribution in [0.25, 0.3) is 0 Å². The second-order valence-electron chi connectivity index (χ2n) is 6.14. The van der Waals surface area contributed by atoms with Crippen LogP contribution in [0.1, 0.15) is 24.0 Å². The van der Waals surface area contributed by atoms with Crippen molar-refractivity contribution < 1.29 is 9.53 Å². The van der Waals surface area contributed by atoms with Crippen LogP contribution in [0.3, 0.4) is 0 Å². The third-order valence-electron chi connectivity index (χ3n) is 4.53. The molecule has 1 fully saturated rings. The number of para-hydroxylation sites is 1. The van der Waals surface area contributed by atoms with Gasteiger partial charge in [0, 0.05) is 29.1 Å². The fraction of sp³-hybridized carbons (Fsp3) is 0.316. The number of carbonyl (C=O) groups excluding carboxylic acids is 1. The van der Waals surface area contributed by atoms with Gasteiger partial charge in [0.25, 0.3) is 0 Å². The Kier molecular flexibility index (Phi) is 4.95. The van der Waals surface area contributed by atoms with Gasteiger partial charge in [0.2, 0.25) is 0 Å². The SMILES string of the molecule is COc1ccccc1CNC(=O)NCC1(c2ccc(Cl)cc2)CC1. The smallest absolute Gasteiger partial charge is 0.315 e. The van der Waals surface area contributed by atoms with Crippen molar-refractivity contribution in [3.63, 3.8) is 0 Å². The summed E-state index contributed by atoms with van der Waals surface area (Å²) in [7, 11) is 1.63. The van der Waals surface area contributed by atoms with Crippen molar-refractivity contribution >= 4 is 17.6 Å². The summed E-state index contributed by atoms with van der Waals surface area (Å²) in [5.74, 6) is 0.776. The van der Waals surface area contributed by atoms with Gasteiger partial charge in [-0.1, -0.05) is 41.9 Å². The number of nitrogens with one attached hydrogen (secondary N) is 2. The van der Waals surface area contributed by atoms with Crippen molar-refractivity contribution in [2.45, 2.75) is 24.8 Å². The minimum atomic E-state index is -0.166. The number of amides is 2. The van der Waals surface area contributed by atoms with Gasteiger partial charge in [-0.2, -0.15) is 0 Å². The summed E-state index contributed by atoms with van der Waals surface area (Å²) in [5.41, 5.74) is 2.25. The molecule has 0 unspecified atom stereocenters. The molecule has 0 aromatic heterocycles. The molecule has 0 bridgehead atoms. The maximum Gasteiger partial charge on any atom is 0.315 e. The van der Waals surface area contributed by atoms with E-state index >= 15 is 0 Å². The number of benzene rings is 2. The third-order valence-corrected chi connectivity index (χ3v) is 4.78. The average Bonchev–Trinajstić information content (AvgIpc) is 3.40. The Bertz CT molecular complexity index is 712. The molecule has 2 aromatic rings. The van der Waals surface area contributed by atoms with Crippen LogP contribution >= 0.6 is 11.6 Å². The summed E-state index contributed by atoms with van der Waals surface area (Å²) >= 11 is 5.94. The topological polar surface area (TPSA) is 50.4 Å². The molecule has 0 atom stereocenters. The molecule has 24 heavy (non-hydrogen) atoms. The predicted octanol–water partition coefficient (Wildman–Crippen LogP) is 3.88.